The molecule has 0 saturated heterocycles. The molecule has 0 radical (unpaired) electrons. The van der Waals surface area contributed by atoms with Gasteiger partial charge >= 0.3 is 0 Å². The predicted molar refractivity (Wildman–Crippen MR) is 93.2 cm³/mol. The van der Waals surface area contributed by atoms with Gasteiger partial charge in [-0.25, -0.2) is 0 Å². The third-order valence-electron chi connectivity index (χ3n) is 4.85. The summed E-state index contributed by atoms with van der Waals surface area (Å²) in [4.78, 5) is 13.2. The van der Waals surface area contributed by atoms with Crippen LogP contribution < -0.4 is 11.1 Å². The minimum absolute atomic E-state index is 0.0678. The average Bonchev–Trinajstić information content (AvgIpc) is 2.63. The van der Waals surface area contributed by atoms with Crippen molar-refractivity contribution < 1.29 is 4.79 Å². The Kier molecular flexibility index (Phi) is 7.64. The molecule has 0 aromatic rings. The highest BCUT2D eigenvalue weighted by atomic mass is 32.1. The molecular weight excluding hydrogens is 280 g/mol. The van der Waals surface area contributed by atoms with E-state index in [9.17, 15) is 4.79 Å². The van der Waals surface area contributed by atoms with Crippen molar-refractivity contribution in [3.05, 3.63) is 0 Å². The fourth-order valence-electron chi connectivity index (χ4n) is 3.52. The van der Waals surface area contributed by atoms with E-state index in [2.05, 4.69) is 26.1 Å². The standard InChI is InChI=1S/C17H32N2OS/c1-4-11-17(12-5-2,15(18)21)16(20)19-14-8-6-7-13(3)9-10-14/h13-14H,4-12H2,1-3H3,(H2,18,21)(H,19,20). The molecule has 1 amide bonds. The number of thiocarbonyl (C=S) groups is 1. The Morgan fingerprint density at radius 1 is 1.19 bits per heavy atom. The Bertz CT molecular complexity index is 351. The Hall–Kier alpha value is -0.640. The molecule has 0 aromatic heterocycles. The molecule has 3 nitrogen and oxygen atoms in total. The van der Waals surface area contributed by atoms with Crippen LogP contribution >= 0.6 is 12.2 Å². The van der Waals surface area contributed by atoms with Gasteiger partial charge in [0.05, 0.1) is 10.4 Å². The maximum atomic E-state index is 12.9. The Balaban J connectivity index is 2.77. The lowest BCUT2D eigenvalue weighted by Gasteiger charge is -2.33. The summed E-state index contributed by atoms with van der Waals surface area (Å²) in [7, 11) is 0. The van der Waals surface area contributed by atoms with Gasteiger partial charge in [0.1, 0.15) is 0 Å². The van der Waals surface area contributed by atoms with Gasteiger partial charge in [-0.3, -0.25) is 4.79 Å². The van der Waals surface area contributed by atoms with Crippen LogP contribution in [-0.4, -0.2) is 16.9 Å². The van der Waals surface area contributed by atoms with Crippen LogP contribution in [0, 0.1) is 11.3 Å². The zero-order chi connectivity index (χ0) is 15.9. The number of hydrogen-bond donors (Lipinski definition) is 2. The van der Waals surface area contributed by atoms with Crippen LogP contribution in [0.5, 0.6) is 0 Å². The molecule has 2 unspecified atom stereocenters. The molecule has 1 aliphatic carbocycles. The maximum absolute atomic E-state index is 12.9. The number of amides is 1. The monoisotopic (exact) mass is 312 g/mol. The van der Waals surface area contributed by atoms with E-state index in [1.165, 1.54) is 19.3 Å². The molecule has 0 heterocycles. The second kappa shape index (κ2) is 8.72. The van der Waals surface area contributed by atoms with Crippen LogP contribution in [0.1, 0.15) is 78.6 Å². The lowest BCUT2D eigenvalue weighted by Crippen LogP contribution is -2.51. The summed E-state index contributed by atoms with van der Waals surface area (Å²) >= 11 is 5.27. The van der Waals surface area contributed by atoms with E-state index < -0.39 is 5.41 Å². The molecule has 3 N–H and O–H groups in total. The summed E-state index contributed by atoms with van der Waals surface area (Å²) in [6, 6.07) is 0.296. The van der Waals surface area contributed by atoms with Crippen molar-refractivity contribution in [3.63, 3.8) is 0 Å². The number of rotatable bonds is 7. The quantitative estimate of drug-likeness (QED) is 0.553. The molecule has 0 aromatic carbocycles. The molecule has 122 valence electrons. The van der Waals surface area contributed by atoms with Crippen LogP contribution in [0.25, 0.3) is 0 Å². The van der Waals surface area contributed by atoms with Crippen molar-refractivity contribution in [2.75, 3.05) is 0 Å². The van der Waals surface area contributed by atoms with E-state index >= 15 is 0 Å². The first kappa shape index (κ1) is 18.4. The van der Waals surface area contributed by atoms with E-state index in [0.29, 0.717) is 11.0 Å². The third kappa shape index (κ3) is 4.94. The number of nitrogens with one attached hydrogen (secondary N) is 1. The van der Waals surface area contributed by atoms with Crippen molar-refractivity contribution in [3.8, 4) is 0 Å². The molecule has 1 saturated carbocycles. The topological polar surface area (TPSA) is 55.1 Å². The van der Waals surface area contributed by atoms with Crippen LogP contribution in [0.3, 0.4) is 0 Å². The summed E-state index contributed by atoms with van der Waals surface area (Å²) in [5, 5.41) is 3.26. The largest absolute Gasteiger partial charge is 0.392 e. The Labute approximate surface area is 135 Å². The van der Waals surface area contributed by atoms with E-state index in [4.69, 9.17) is 18.0 Å². The predicted octanol–water partition coefficient (Wildman–Crippen LogP) is 3.94. The summed E-state index contributed by atoms with van der Waals surface area (Å²) in [5.74, 6) is 0.844. The molecule has 1 rings (SSSR count). The van der Waals surface area contributed by atoms with Gasteiger partial charge in [-0.05, 0) is 38.0 Å². The number of hydrogen-bond acceptors (Lipinski definition) is 2. The number of carbonyl (C=O) groups is 1. The first-order valence-electron chi connectivity index (χ1n) is 8.57. The lowest BCUT2D eigenvalue weighted by molar-refractivity contribution is -0.129. The highest BCUT2D eigenvalue weighted by molar-refractivity contribution is 7.80. The van der Waals surface area contributed by atoms with Crippen LogP contribution in [0.15, 0.2) is 0 Å². The van der Waals surface area contributed by atoms with Gasteiger partial charge in [-0.1, -0.05) is 58.7 Å². The average molecular weight is 313 g/mol. The molecule has 21 heavy (non-hydrogen) atoms. The van der Waals surface area contributed by atoms with Gasteiger partial charge in [0.15, 0.2) is 0 Å². The summed E-state index contributed by atoms with van der Waals surface area (Å²) < 4.78 is 0. The normalized spacial score (nSPS) is 23.4. The van der Waals surface area contributed by atoms with Crippen LogP contribution in [-0.2, 0) is 4.79 Å². The van der Waals surface area contributed by atoms with Gasteiger partial charge in [-0.15, -0.1) is 0 Å². The summed E-state index contributed by atoms with van der Waals surface area (Å²) in [6.45, 7) is 6.48. The van der Waals surface area contributed by atoms with Gasteiger partial charge in [0.25, 0.3) is 0 Å². The number of nitrogens with two attached hydrogens (primary N) is 1. The minimum atomic E-state index is -0.642. The zero-order valence-corrected chi connectivity index (χ0v) is 14.7. The van der Waals surface area contributed by atoms with Gasteiger partial charge < -0.3 is 11.1 Å². The van der Waals surface area contributed by atoms with Gasteiger partial charge in [-0.2, -0.15) is 0 Å². The van der Waals surface area contributed by atoms with Gasteiger partial charge in [0, 0.05) is 6.04 Å². The highest BCUT2D eigenvalue weighted by Gasteiger charge is 2.40. The van der Waals surface area contributed by atoms with Crippen LogP contribution in [0.4, 0.5) is 0 Å². The molecule has 2 atom stereocenters. The van der Waals surface area contributed by atoms with Gasteiger partial charge in [0.2, 0.25) is 5.91 Å². The Morgan fingerprint density at radius 2 is 1.81 bits per heavy atom. The molecule has 4 heteroatoms. The SMILES string of the molecule is CCCC(CCC)(C(=O)NC1CCCC(C)CC1)C(N)=S. The smallest absolute Gasteiger partial charge is 0.233 e. The summed E-state index contributed by atoms with van der Waals surface area (Å²) in [5.41, 5.74) is 5.33. The maximum Gasteiger partial charge on any atom is 0.233 e. The zero-order valence-electron chi connectivity index (χ0n) is 13.9. The first-order chi connectivity index (χ1) is 9.96. The highest BCUT2D eigenvalue weighted by Crippen LogP contribution is 2.32. The fourth-order valence-corrected chi connectivity index (χ4v) is 3.82. The first-order valence-corrected chi connectivity index (χ1v) is 8.98. The molecule has 1 fully saturated rings. The van der Waals surface area contributed by atoms with E-state index in [1.807, 2.05) is 0 Å². The van der Waals surface area contributed by atoms with E-state index in [-0.39, 0.29) is 5.91 Å². The van der Waals surface area contributed by atoms with Crippen molar-refractivity contribution in [1.82, 2.24) is 5.32 Å². The summed E-state index contributed by atoms with van der Waals surface area (Å²) in [6.07, 6.45) is 9.20. The molecule has 0 bridgehead atoms. The molecule has 0 spiro atoms. The third-order valence-corrected chi connectivity index (χ3v) is 5.24. The minimum Gasteiger partial charge on any atom is -0.392 e. The van der Waals surface area contributed by atoms with Crippen molar-refractivity contribution in [2.24, 2.45) is 17.1 Å². The lowest BCUT2D eigenvalue weighted by atomic mass is 9.78. The second-order valence-electron chi connectivity index (χ2n) is 6.73. The number of carbonyl (C=O) groups excluding carboxylic acids is 1. The van der Waals surface area contributed by atoms with Crippen LogP contribution in [0.2, 0.25) is 0 Å². The molecule has 1 aliphatic rings. The van der Waals surface area contributed by atoms with Crippen molar-refractivity contribution in [1.29, 1.82) is 0 Å². The molecule has 0 aliphatic heterocycles. The van der Waals surface area contributed by atoms with E-state index in [0.717, 1.165) is 44.4 Å². The van der Waals surface area contributed by atoms with Crippen molar-refractivity contribution in [2.45, 2.75) is 84.6 Å². The fraction of sp³-hybridized carbons (Fsp3) is 0.882. The Morgan fingerprint density at radius 3 is 2.33 bits per heavy atom. The van der Waals surface area contributed by atoms with Crippen molar-refractivity contribution >= 4 is 23.1 Å². The van der Waals surface area contributed by atoms with E-state index in [1.54, 1.807) is 0 Å². The molecular formula is C17H32N2OS. The second-order valence-corrected chi connectivity index (χ2v) is 7.17.